The Bertz CT molecular complexity index is 897. The lowest BCUT2D eigenvalue weighted by atomic mass is 10.2. The molecule has 5 nitrogen and oxygen atoms in total. The van der Waals surface area contributed by atoms with Gasteiger partial charge in [0.15, 0.2) is 0 Å². The molecule has 2 aromatic rings. The van der Waals surface area contributed by atoms with E-state index in [-0.39, 0.29) is 5.91 Å². The molecule has 0 unspecified atom stereocenters. The summed E-state index contributed by atoms with van der Waals surface area (Å²) in [5.74, 6) is -0.0434. The van der Waals surface area contributed by atoms with E-state index in [9.17, 15) is 13.2 Å². The second kappa shape index (κ2) is 8.06. The van der Waals surface area contributed by atoms with E-state index in [0.29, 0.717) is 43.1 Å². The summed E-state index contributed by atoms with van der Waals surface area (Å²) in [6, 6.07) is 14.4. The Morgan fingerprint density at radius 2 is 1.73 bits per heavy atom. The molecular weight excluding hydrogens is 463 g/mol. The van der Waals surface area contributed by atoms with Crippen LogP contribution in [0.15, 0.2) is 53.4 Å². The van der Waals surface area contributed by atoms with Crippen molar-refractivity contribution in [2.45, 2.75) is 18.2 Å². The van der Waals surface area contributed by atoms with Crippen molar-refractivity contribution in [3.8, 4) is 0 Å². The highest BCUT2D eigenvalue weighted by Crippen LogP contribution is 2.19. The quantitative estimate of drug-likeness (QED) is 0.630. The molecular formula is C19H21IN2O3S. The third kappa shape index (κ3) is 4.27. The van der Waals surface area contributed by atoms with Crippen molar-refractivity contribution in [1.82, 2.24) is 9.21 Å². The second-order valence-electron chi connectivity index (χ2n) is 6.37. The van der Waals surface area contributed by atoms with Crippen LogP contribution in [-0.2, 0) is 10.0 Å². The smallest absolute Gasteiger partial charge is 0.253 e. The molecule has 1 heterocycles. The van der Waals surface area contributed by atoms with Crippen LogP contribution in [0.4, 0.5) is 0 Å². The van der Waals surface area contributed by atoms with Crippen LogP contribution in [0, 0.1) is 10.5 Å². The predicted octanol–water partition coefficient (Wildman–Crippen LogP) is 3.14. The SMILES string of the molecule is Cc1ccc(S(=O)(=O)N2CCCN(C(=O)c3cccc(I)c3)CC2)cc1. The van der Waals surface area contributed by atoms with E-state index in [2.05, 4.69) is 22.6 Å². The molecule has 2 aromatic carbocycles. The maximum absolute atomic E-state index is 12.9. The lowest BCUT2D eigenvalue weighted by Crippen LogP contribution is -2.37. The van der Waals surface area contributed by atoms with Gasteiger partial charge < -0.3 is 4.90 Å². The van der Waals surface area contributed by atoms with Gasteiger partial charge >= 0.3 is 0 Å². The summed E-state index contributed by atoms with van der Waals surface area (Å²) in [5, 5.41) is 0. The van der Waals surface area contributed by atoms with Gasteiger partial charge in [0.2, 0.25) is 10.0 Å². The molecule has 1 fully saturated rings. The second-order valence-corrected chi connectivity index (χ2v) is 9.56. The van der Waals surface area contributed by atoms with Crippen LogP contribution in [0.2, 0.25) is 0 Å². The van der Waals surface area contributed by atoms with Gasteiger partial charge in [-0.3, -0.25) is 4.79 Å². The first-order valence-corrected chi connectivity index (χ1v) is 11.0. The van der Waals surface area contributed by atoms with Crippen molar-refractivity contribution in [2.24, 2.45) is 0 Å². The van der Waals surface area contributed by atoms with Gasteiger partial charge in [0.1, 0.15) is 0 Å². The number of carbonyl (C=O) groups excluding carboxylic acids is 1. The molecule has 0 atom stereocenters. The third-order valence-corrected chi connectivity index (χ3v) is 7.06. The number of rotatable bonds is 3. The summed E-state index contributed by atoms with van der Waals surface area (Å²) in [6.45, 7) is 3.62. The molecule has 138 valence electrons. The normalized spacial score (nSPS) is 16.3. The summed E-state index contributed by atoms with van der Waals surface area (Å²) in [6.07, 6.45) is 0.626. The number of sulfonamides is 1. The van der Waals surface area contributed by atoms with Crippen molar-refractivity contribution in [3.63, 3.8) is 0 Å². The molecule has 0 radical (unpaired) electrons. The van der Waals surface area contributed by atoms with E-state index >= 15 is 0 Å². The van der Waals surface area contributed by atoms with Gasteiger partial charge in [-0.05, 0) is 66.3 Å². The number of carbonyl (C=O) groups is 1. The Labute approximate surface area is 168 Å². The number of hydrogen-bond acceptors (Lipinski definition) is 3. The van der Waals surface area contributed by atoms with Gasteiger partial charge in [0, 0.05) is 35.3 Å². The number of amides is 1. The molecule has 0 saturated carbocycles. The van der Waals surface area contributed by atoms with Crippen molar-refractivity contribution < 1.29 is 13.2 Å². The van der Waals surface area contributed by atoms with Crippen molar-refractivity contribution >= 4 is 38.5 Å². The van der Waals surface area contributed by atoms with Crippen LogP contribution in [0.3, 0.4) is 0 Å². The highest BCUT2D eigenvalue weighted by molar-refractivity contribution is 14.1. The Balaban J connectivity index is 1.73. The zero-order valence-corrected chi connectivity index (χ0v) is 17.5. The molecule has 0 N–H and O–H groups in total. The van der Waals surface area contributed by atoms with Gasteiger partial charge in [0.25, 0.3) is 5.91 Å². The fourth-order valence-corrected chi connectivity index (χ4v) is 5.01. The Kier molecular flexibility index (Phi) is 5.99. The lowest BCUT2D eigenvalue weighted by Gasteiger charge is -2.22. The molecule has 3 rings (SSSR count). The van der Waals surface area contributed by atoms with Gasteiger partial charge in [-0.25, -0.2) is 8.42 Å². The molecule has 0 spiro atoms. The van der Waals surface area contributed by atoms with Crippen molar-refractivity contribution in [2.75, 3.05) is 26.2 Å². The van der Waals surface area contributed by atoms with E-state index < -0.39 is 10.0 Å². The Morgan fingerprint density at radius 3 is 2.42 bits per heavy atom. The van der Waals surface area contributed by atoms with Crippen LogP contribution in [0.25, 0.3) is 0 Å². The first-order chi connectivity index (χ1) is 12.4. The van der Waals surface area contributed by atoms with Crippen LogP contribution in [0.1, 0.15) is 22.3 Å². The summed E-state index contributed by atoms with van der Waals surface area (Å²) >= 11 is 2.18. The minimum Gasteiger partial charge on any atom is -0.337 e. The van der Waals surface area contributed by atoms with Crippen LogP contribution in [0.5, 0.6) is 0 Å². The standard InChI is InChI=1S/C19H21IN2O3S/c1-15-6-8-18(9-7-15)26(24,25)22-11-3-10-21(12-13-22)19(23)16-4-2-5-17(20)14-16/h2,4-9,14H,3,10-13H2,1H3. The predicted molar refractivity (Wildman–Crippen MR) is 110 cm³/mol. The van der Waals surface area contributed by atoms with Crippen LogP contribution < -0.4 is 0 Å². The molecule has 0 aliphatic carbocycles. The highest BCUT2D eigenvalue weighted by atomic mass is 127. The van der Waals surface area contributed by atoms with Gasteiger partial charge in [-0.1, -0.05) is 23.8 Å². The Morgan fingerprint density at radius 1 is 1.00 bits per heavy atom. The monoisotopic (exact) mass is 484 g/mol. The molecule has 26 heavy (non-hydrogen) atoms. The summed E-state index contributed by atoms with van der Waals surface area (Å²) in [5.41, 5.74) is 1.67. The van der Waals surface area contributed by atoms with Crippen molar-refractivity contribution in [1.29, 1.82) is 0 Å². The summed E-state index contributed by atoms with van der Waals surface area (Å²) < 4.78 is 28.2. The number of hydrogen-bond donors (Lipinski definition) is 0. The fourth-order valence-electron chi connectivity index (χ4n) is 3.00. The first kappa shape index (κ1) is 19.3. The summed E-state index contributed by atoms with van der Waals surface area (Å²) in [4.78, 5) is 14.8. The highest BCUT2D eigenvalue weighted by Gasteiger charge is 2.28. The number of aryl methyl sites for hydroxylation is 1. The van der Waals surface area contributed by atoms with Gasteiger partial charge in [-0.2, -0.15) is 4.31 Å². The average Bonchev–Trinajstić information content (AvgIpc) is 2.88. The molecule has 1 saturated heterocycles. The molecule has 0 bridgehead atoms. The van der Waals surface area contributed by atoms with E-state index in [4.69, 9.17) is 0 Å². The number of benzene rings is 2. The zero-order chi connectivity index (χ0) is 18.7. The molecule has 1 aliphatic heterocycles. The first-order valence-electron chi connectivity index (χ1n) is 8.49. The zero-order valence-electron chi connectivity index (χ0n) is 14.6. The molecule has 1 aliphatic rings. The van der Waals surface area contributed by atoms with E-state index in [1.54, 1.807) is 35.2 Å². The average molecular weight is 484 g/mol. The summed E-state index contributed by atoms with van der Waals surface area (Å²) in [7, 11) is -3.53. The van der Waals surface area contributed by atoms with Gasteiger partial charge in [0.05, 0.1) is 4.90 Å². The number of halogens is 1. The van der Waals surface area contributed by atoms with Crippen LogP contribution in [-0.4, -0.2) is 49.7 Å². The molecule has 0 aromatic heterocycles. The Hall–Kier alpha value is -1.45. The molecule has 7 heteroatoms. The lowest BCUT2D eigenvalue weighted by molar-refractivity contribution is 0.0764. The topological polar surface area (TPSA) is 57.7 Å². The molecule has 1 amide bonds. The minimum atomic E-state index is -3.53. The van der Waals surface area contributed by atoms with E-state index in [1.807, 2.05) is 25.1 Å². The minimum absolute atomic E-state index is 0.0434. The largest absolute Gasteiger partial charge is 0.337 e. The van der Waals surface area contributed by atoms with Crippen LogP contribution >= 0.6 is 22.6 Å². The van der Waals surface area contributed by atoms with Crippen molar-refractivity contribution in [3.05, 3.63) is 63.2 Å². The maximum Gasteiger partial charge on any atom is 0.253 e. The maximum atomic E-state index is 12.9. The van der Waals surface area contributed by atoms with Gasteiger partial charge in [-0.15, -0.1) is 0 Å². The third-order valence-electron chi connectivity index (χ3n) is 4.47. The van der Waals surface area contributed by atoms with E-state index in [0.717, 1.165) is 9.13 Å². The number of nitrogens with zero attached hydrogens (tertiary/aromatic N) is 2. The fraction of sp³-hybridized carbons (Fsp3) is 0.316. The van der Waals surface area contributed by atoms with E-state index in [1.165, 1.54) is 4.31 Å².